The van der Waals surface area contributed by atoms with Crippen LogP contribution in [0.5, 0.6) is 0 Å². The number of nitrogen functional groups attached to an aromatic ring is 1. The first-order valence-corrected chi connectivity index (χ1v) is 6.30. The molecule has 98 valence electrons. The number of aromatic nitrogens is 1. The molecule has 0 aliphatic heterocycles. The Bertz CT molecular complexity index is 446. The van der Waals surface area contributed by atoms with Crippen LogP contribution >= 0.6 is 0 Å². The summed E-state index contributed by atoms with van der Waals surface area (Å²) >= 11 is 0. The molecule has 0 bridgehead atoms. The van der Waals surface area contributed by atoms with Gasteiger partial charge in [0.25, 0.3) is 5.69 Å². The Hall–Kier alpha value is -1.85. The van der Waals surface area contributed by atoms with Crippen LogP contribution in [0.4, 0.5) is 17.3 Å². The highest BCUT2D eigenvalue weighted by molar-refractivity contribution is 5.55. The lowest BCUT2D eigenvalue weighted by Gasteiger charge is -2.23. The molecular formula is C12H18N4O2. The van der Waals surface area contributed by atoms with Gasteiger partial charge in [0.1, 0.15) is 11.6 Å². The van der Waals surface area contributed by atoms with E-state index in [0.29, 0.717) is 11.9 Å². The molecule has 6 nitrogen and oxygen atoms in total. The van der Waals surface area contributed by atoms with Gasteiger partial charge < -0.3 is 10.6 Å². The quantitative estimate of drug-likeness (QED) is 0.618. The van der Waals surface area contributed by atoms with Crippen LogP contribution in [-0.4, -0.2) is 22.5 Å². The van der Waals surface area contributed by atoms with Gasteiger partial charge in [-0.15, -0.1) is 0 Å². The van der Waals surface area contributed by atoms with Crippen LogP contribution in [0, 0.1) is 10.1 Å². The highest BCUT2D eigenvalue weighted by atomic mass is 16.6. The van der Waals surface area contributed by atoms with Crippen molar-refractivity contribution in [1.82, 2.24) is 4.98 Å². The molecular weight excluding hydrogens is 232 g/mol. The second kappa shape index (κ2) is 5.20. The lowest BCUT2D eigenvalue weighted by atomic mass is 10.3. The molecule has 1 aromatic rings. The number of unbranched alkanes of at least 4 members (excludes halogenated alkanes) is 1. The molecule has 0 unspecified atom stereocenters. The Labute approximate surface area is 106 Å². The summed E-state index contributed by atoms with van der Waals surface area (Å²) in [5.74, 6) is 0.846. The Morgan fingerprint density at radius 1 is 1.56 bits per heavy atom. The van der Waals surface area contributed by atoms with Gasteiger partial charge >= 0.3 is 0 Å². The minimum absolute atomic E-state index is 0.0136. The van der Waals surface area contributed by atoms with Crippen molar-refractivity contribution in [3.63, 3.8) is 0 Å². The summed E-state index contributed by atoms with van der Waals surface area (Å²) in [6, 6.07) is 3.30. The van der Waals surface area contributed by atoms with E-state index in [1.807, 2.05) is 0 Å². The number of nitro groups is 1. The minimum Gasteiger partial charge on any atom is -0.383 e. The second-order valence-corrected chi connectivity index (χ2v) is 4.64. The molecule has 18 heavy (non-hydrogen) atoms. The molecule has 0 radical (unpaired) electrons. The first kappa shape index (κ1) is 12.6. The van der Waals surface area contributed by atoms with Crippen LogP contribution in [0.2, 0.25) is 0 Å². The van der Waals surface area contributed by atoms with Gasteiger partial charge in [-0.25, -0.2) is 4.98 Å². The maximum atomic E-state index is 10.8. The van der Waals surface area contributed by atoms with Crippen molar-refractivity contribution < 1.29 is 4.92 Å². The highest BCUT2D eigenvalue weighted by Crippen LogP contribution is 2.33. The summed E-state index contributed by atoms with van der Waals surface area (Å²) in [6.45, 7) is 3.01. The lowest BCUT2D eigenvalue weighted by Crippen LogP contribution is -2.28. The Kier molecular flexibility index (Phi) is 3.64. The zero-order chi connectivity index (χ0) is 13.1. The van der Waals surface area contributed by atoms with Gasteiger partial charge in [-0.2, -0.15) is 0 Å². The van der Waals surface area contributed by atoms with Gasteiger partial charge in [0.15, 0.2) is 0 Å². The third-order valence-corrected chi connectivity index (χ3v) is 3.06. The van der Waals surface area contributed by atoms with Gasteiger partial charge in [0.2, 0.25) is 0 Å². The minimum atomic E-state index is -0.424. The predicted octanol–water partition coefficient (Wildman–Crippen LogP) is 2.34. The van der Waals surface area contributed by atoms with Gasteiger partial charge in [-0.3, -0.25) is 10.1 Å². The molecule has 1 saturated carbocycles. The van der Waals surface area contributed by atoms with Crippen molar-refractivity contribution >= 4 is 17.3 Å². The van der Waals surface area contributed by atoms with E-state index in [1.54, 1.807) is 0 Å². The number of pyridine rings is 1. The summed E-state index contributed by atoms with van der Waals surface area (Å²) in [5, 5.41) is 10.8. The van der Waals surface area contributed by atoms with Crippen molar-refractivity contribution in [2.24, 2.45) is 0 Å². The van der Waals surface area contributed by atoms with E-state index >= 15 is 0 Å². The maximum absolute atomic E-state index is 10.8. The van der Waals surface area contributed by atoms with E-state index in [0.717, 1.165) is 32.2 Å². The summed E-state index contributed by atoms with van der Waals surface area (Å²) in [5.41, 5.74) is 5.66. The molecule has 0 amide bonds. The van der Waals surface area contributed by atoms with Gasteiger partial charge in [0, 0.05) is 12.6 Å². The fourth-order valence-corrected chi connectivity index (χ4v) is 1.97. The topological polar surface area (TPSA) is 85.3 Å². The fraction of sp³-hybridized carbons (Fsp3) is 0.583. The zero-order valence-corrected chi connectivity index (χ0v) is 10.5. The summed E-state index contributed by atoms with van der Waals surface area (Å²) < 4.78 is 0. The number of hydrogen-bond acceptors (Lipinski definition) is 5. The lowest BCUT2D eigenvalue weighted by molar-refractivity contribution is -0.384. The van der Waals surface area contributed by atoms with E-state index in [4.69, 9.17) is 5.73 Å². The predicted molar refractivity (Wildman–Crippen MR) is 70.6 cm³/mol. The molecule has 1 aromatic heterocycles. The Morgan fingerprint density at radius 2 is 2.28 bits per heavy atom. The smallest absolute Gasteiger partial charge is 0.276 e. The third kappa shape index (κ3) is 2.88. The van der Waals surface area contributed by atoms with Gasteiger partial charge in [-0.1, -0.05) is 13.3 Å². The van der Waals surface area contributed by atoms with E-state index in [9.17, 15) is 10.1 Å². The van der Waals surface area contributed by atoms with Crippen molar-refractivity contribution in [3.8, 4) is 0 Å². The molecule has 6 heteroatoms. The molecule has 0 saturated heterocycles. The Balaban J connectivity index is 2.25. The van der Waals surface area contributed by atoms with E-state index < -0.39 is 4.92 Å². The molecule has 0 spiro atoms. The van der Waals surface area contributed by atoms with Crippen LogP contribution < -0.4 is 10.6 Å². The number of nitrogens with zero attached hydrogens (tertiary/aromatic N) is 3. The number of rotatable bonds is 6. The summed E-state index contributed by atoms with van der Waals surface area (Å²) in [7, 11) is 0. The van der Waals surface area contributed by atoms with Crippen LogP contribution in [0.3, 0.4) is 0 Å². The average Bonchev–Trinajstić information content (AvgIpc) is 3.13. The monoisotopic (exact) mass is 250 g/mol. The van der Waals surface area contributed by atoms with Gasteiger partial charge in [-0.05, 0) is 19.3 Å². The van der Waals surface area contributed by atoms with Crippen molar-refractivity contribution in [3.05, 3.63) is 22.2 Å². The zero-order valence-electron chi connectivity index (χ0n) is 10.5. The Morgan fingerprint density at radius 3 is 2.83 bits per heavy atom. The number of nitrogens with two attached hydrogens (primary N) is 1. The van der Waals surface area contributed by atoms with Crippen LogP contribution in [0.25, 0.3) is 0 Å². The molecule has 1 heterocycles. The fourth-order valence-electron chi connectivity index (χ4n) is 1.97. The van der Waals surface area contributed by atoms with E-state index in [1.165, 1.54) is 12.1 Å². The molecule has 1 aliphatic carbocycles. The first-order valence-electron chi connectivity index (χ1n) is 6.30. The van der Waals surface area contributed by atoms with Crippen molar-refractivity contribution in [1.29, 1.82) is 0 Å². The van der Waals surface area contributed by atoms with Crippen LogP contribution in [-0.2, 0) is 0 Å². The van der Waals surface area contributed by atoms with Gasteiger partial charge in [0.05, 0.1) is 17.1 Å². The summed E-state index contributed by atoms with van der Waals surface area (Å²) in [4.78, 5) is 16.8. The SMILES string of the molecule is CCCCN(c1cc([N+](=O)[O-])cc(N)n1)C1CC1. The van der Waals surface area contributed by atoms with E-state index in [2.05, 4.69) is 16.8 Å². The van der Waals surface area contributed by atoms with Crippen molar-refractivity contribution in [2.45, 2.75) is 38.6 Å². The second-order valence-electron chi connectivity index (χ2n) is 4.64. The third-order valence-electron chi connectivity index (χ3n) is 3.06. The molecule has 2 rings (SSSR count). The molecule has 0 atom stereocenters. The van der Waals surface area contributed by atoms with Crippen molar-refractivity contribution in [2.75, 3.05) is 17.2 Å². The van der Waals surface area contributed by atoms with E-state index in [-0.39, 0.29) is 11.5 Å². The average molecular weight is 250 g/mol. The number of anilines is 2. The number of hydrogen-bond donors (Lipinski definition) is 1. The highest BCUT2D eigenvalue weighted by Gasteiger charge is 2.30. The first-order chi connectivity index (χ1) is 8.61. The standard InChI is InChI=1S/C12H18N4O2/c1-2-3-6-15(9-4-5-9)12-8-10(16(17)18)7-11(13)14-12/h7-9H,2-6H2,1H3,(H2,13,14). The van der Waals surface area contributed by atoms with Crippen LogP contribution in [0.1, 0.15) is 32.6 Å². The molecule has 1 aliphatic rings. The van der Waals surface area contributed by atoms with Crippen LogP contribution in [0.15, 0.2) is 12.1 Å². The summed E-state index contributed by atoms with van der Waals surface area (Å²) in [6.07, 6.45) is 4.41. The molecule has 2 N–H and O–H groups in total. The normalized spacial score (nSPS) is 14.5. The molecule has 1 fully saturated rings. The molecule has 0 aromatic carbocycles. The maximum Gasteiger partial charge on any atom is 0.276 e. The largest absolute Gasteiger partial charge is 0.383 e.